The molecule has 0 spiro atoms. The van der Waals surface area contributed by atoms with Crippen LogP contribution in [0.3, 0.4) is 0 Å². The maximum absolute atomic E-state index is 6.00. The molecule has 2 N–H and O–H groups in total. The second-order valence-electron chi connectivity index (χ2n) is 2.69. The number of nitrogens with two attached hydrogens (primary N) is 1. The molecule has 0 aromatic heterocycles. The molecule has 0 fully saturated rings. The number of hydrogen-bond acceptors (Lipinski definition) is 1. The molecule has 0 radical (unpaired) electrons. The van der Waals surface area contributed by atoms with Gasteiger partial charge in [-0.25, -0.2) is 0 Å². The third kappa shape index (κ3) is 1.71. The molecule has 2 aromatic carbocycles. The van der Waals surface area contributed by atoms with E-state index < -0.39 is 0 Å². The standard InChI is InChI=1S/C10H8ClN.ClH/c11-10-8-4-2-1-3-7(8)5-6-9(10)12;/h1-6H,12H2;1H. The first-order valence-corrected chi connectivity index (χ1v) is 4.09. The van der Waals surface area contributed by atoms with E-state index in [4.69, 9.17) is 17.3 Å². The van der Waals surface area contributed by atoms with Gasteiger partial charge in [0.25, 0.3) is 0 Å². The van der Waals surface area contributed by atoms with Crippen LogP contribution < -0.4 is 5.73 Å². The summed E-state index contributed by atoms with van der Waals surface area (Å²) in [6.45, 7) is 0. The van der Waals surface area contributed by atoms with Gasteiger partial charge in [0.15, 0.2) is 0 Å². The predicted octanol–water partition coefficient (Wildman–Crippen LogP) is 3.50. The Morgan fingerprint density at radius 2 is 1.69 bits per heavy atom. The Hall–Kier alpha value is -0.920. The second kappa shape index (κ2) is 3.86. The molecular formula is C10H9Cl2N. The van der Waals surface area contributed by atoms with Crippen molar-refractivity contribution in [3.8, 4) is 0 Å². The highest BCUT2D eigenvalue weighted by Gasteiger charge is 2.00. The van der Waals surface area contributed by atoms with Crippen LogP contribution in [0.25, 0.3) is 10.8 Å². The van der Waals surface area contributed by atoms with Crippen molar-refractivity contribution in [2.45, 2.75) is 0 Å². The van der Waals surface area contributed by atoms with Gasteiger partial charge in [0.2, 0.25) is 0 Å². The number of benzene rings is 2. The van der Waals surface area contributed by atoms with Crippen molar-refractivity contribution in [1.29, 1.82) is 0 Å². The van der Waals surface area contributed by atoms with E-state index in [9.17, 15) is 0 Å². The molecule has 1 nitrogen and oxygen atoms in total. The summed E-state index contributed by atoms with van der Waals surface area (Å²) in [5, 5.41) is 2.78. The minimum absolute atomic E-state index is 0. The maximum Gasteiger partial charge on any atom is 0.0713 e. The van der Waals surface area contributed by atoms with E-state index in [2.05, 4.69) is 0 Å². The van der Waals surface area contributed by atoms with Gasteiger partial charge >= 0.3 is 0 Å². The Morgan fingerprint density at radius 3 is 2.46 bits per heavy atom. The first-order chi connectivity index (χ1) is 5.79. The van der Waals surface area contributed by atoms with Gasteiger partial charge < -0.3 is 5.73 Å². The molecule has 2 aromatic rings. The van der Waals surface area contributed by atoms with Crippen LogP contribution in [0.2, 0.25) is 5.02 Å². The predicted molar refractivity (Wildman–Crippen MR) is 60.6 cm³/mol. The summed E-state index contributed by atoms with van der Waals surface area (Å²) in [4.78, 5) is 0. The van der Waals surface area contributed by atoms with Crippen molar-refractivity contribution in [1.82, 2.24) is 0 Å². The van der Waals surface area contributed by atoms with Crippen LogP contribution in [-0.4, -0.2) is 0 Å². The van der Waals surface area contributed by atoms with Gasteiger partial charge in [0.05, 0.1) is 10.7 Å². The Bertz CT molecular complexity index is 426. The van der Waals surface area contributed by atoms with E-state index in [1.165, 1.54) is 0 Å². The normalized spacial score (nSPS) is 9.62. The molecule has 13 heavy (non-hydrogen) atoms. The maximum atomic E-state index is 6.00. The summed E-state index contributed by atoms with van der Waals surface area (Å²) in [5.41, 5.74) is 6.29. The van der Waals surface area contributed by atoms with Crippen molar-refractivity contribution in [2.75, 3.05) is 5.73 Å². The summed E-state index contributed by atoms with van der Waals surface area (Å²) in [7, 11) is 0. The molecule has 0 heterocycles. The zero-order valence-electron chi connectivity index (χ0n) is 6.83. The third-order valence-electron chi connectivity index (χ3n) is 1.89. The van der Waals surface area contributed by atoms with Gasteiger partial charge in [-0.05, 0) is 11.5 Å². The Morgan fingerprint density at radius 1 is 1.00 bits per heavy atom. The third-order valence-corrected chi connectivity index (χ3v) is 2.31. The fraction of sp³-hybridized carbons (Fsp3) is 0. The van der Waals surface area contributed by atoms with Crippen molar-refractivity contribution < 1.29 is 0 Å². The molecule has 0 aliphatic heterocycles. The molecule has 0 atom stereocenters. The van der Waals surface area contributed by atoms with Crippen molar-refractivity contribution in [3.63, 3.8) is 0 Å². The van der Waals surface area contributed by atoms with Crippen LogP contribution in [0.1, 0.15) is 0 Å². The molecule has 0 bridgehead atoms. The lowest BCUT2D eigenvalue weighted by atomic mass is 10.1. The number of nitrogen functional groups attached to an aromatic ring is 1. The molecule has 0 saturated heterocycles. The molecule has 68 valence electrons. The molecule has 0 amide bonds. The zero-order chi connectivity index (χ0) is 8.55. The summed E-state index contributed by atoms with van der Waals surface area (Å²) >= 11 is 6.00. The molecular weight excluding hydrogens is 205 g/mol. The monoisotopic (exact) mass is 213 g/mol. The minimum atomic E-state index is 0. The lowest BCUT2D eigenvalue weighted by Crippen LogP contribution is -1.85. The largest absolute Gasteiger partial charge is 0.398 e. The Labute approximate surface area is 87.9 Å². The van der Waals surface area contributed by atoms with Gasteiger partial charge in [-0.2, -0.15) is 0 Å². The van der Waals surface area contributed by atoms with E-state index in [1.54, 1.807) is 0 Å². The number of hydrogen-bond donors (Lipinski definition) is 1. The summed E-state index contributed by atoms with van der Waals surface area (Å²) in [5.74, 6) is 0. The summed E-state index contributed by atoms with van der Waals surface area (Å²) < 4.78 is 0. The first kappa shape index (κ1) is 10.2. The van der Waals surface area contributed by atoms with Crippen molar-refractivity contribution in [3.05, 3.63) is 41.4 Å². The smallest absolute Gasteiger partial charge is 0.0713 e. The number of rotatable bonds is 0. The number of halogens is 2. The van der Waals surface area contributed by atoms with Crippen molar-refractivity contribution >= 4 is 40.5 Å². The van der Waals surface area contributed by atoms with Crippen LogP contribution in [0.4, 0.5) is 5.69 Å². The van der Waals surface area contributed by atoms with Crippen LogP contribution in [0, 0.1) is 0 Å². The van der Waals surface area contributed by atoms with Crippen molar-refractivity contribution in [2.24, 2.45) is 0 Å². The van der Waals surface area contributed by atoms with Gasteiger partial charge in [0, 0.05) is 5.39 Å². The molecule has 0 aliphatic rings. The van der Waals surface area contributed by atoms with E-state index in [0.717, 1.165) is 10.8 Å². The van der Waals surface area contributed by atoms with Gasteiger partial charge in [-0.1, -0.05) is 41.9 Å². The summed E-state index contributed by atoms with van der Waals surface area (Å²) in [6.07, 6.45) is 0. The highest BCUT2D eigenvalue weighted by molar-refractivity contribution is 6.38. The lowest BCUT2D eigenvalue weighted by Gasteiger charge is -2.02. The fourth-order valence-electron chi connectivity index (χ4n) is 1.25. The van der Waals surface area contributed by atoms with Gasteiger partial charge in [0.1, 0.15) is 0 Å². The lowest BCUT2D eigenvalue weighted by molar-refractivity contribution is 1.72. The van der Waals surface area contributed by atoms with Crippen LogP contribution in [0.5, 0.6) is 0 Å². The van der Waals surface area contributed by atoms with E-state index in [1.807, 2.05) is 36.4 Å². The van der Waals surface area contributed by atoms with E-state index in [-0.39, 0.29) is 12.4 Å². The quantitative estimate of drug-likeness (QED) is 0.667. The summed E-state index contributed by atoms with van der Waals surface area (Å²) in [6, 6.07) is 11.7. The average molecular weight is 214 g/mol. The van der Waals surface area contributed by atoms with Gasteiger partial charge in [-0.15, -0.1) is 12.4 Å². The van der Waals surface area contributed by atoms with Gasteiger partial charge in [-0.3, -0.25) is 0 Å². The van der Waals surface area contributed by atoms with Crippen LogP contribution in [0.15, 0.2) is 36.4 Å². The van der Waals surface area contributed by atoms with E-state index in [0.29, 0.717) is 10.7 Å². The fourth-order valence-corrected chi connectivity index (χ4v) is 1.49. The SMILES string of the molecule is Cl.Nc1ccc2ccccc2c1Cl. The van der Waals surface area contributed by atoms with Crippen LogP contribution >= 0.6 is 24.0 Å². The minimum Gasteiger partial charge on any atom is -0.398 e. The molecule has 3 heteroatoms. The first-order valence-electron chi connectivity index (χ1n) is 3.72. The van der Waals surface area contributed by atoms with E-state index >= 15 is 0 Å². The topological polar surface area (TPSA) is 26.0 Å². The number of anilines is 1. The highest BCUT2D eigenvalue weighted by atomic mass is 35.5. The molecule has 0 unspecified atom stereocenters. The molecule has 0 aliphatic carbocycles. The molecule has 0 saturated carbocycles. The van der Waals surface area contributed by atoms with Crippen LogP contribution in [-0.2, 0) is 0 Å². The number of fused-ring (bicyclic) bond motifs is 1. The second-order valence-corrected chi connectivity index (χ2v) is 3.07. The zero-order valence-corrected chi connectivity index (χ0v) is 8.40. The highest BCUT2D eigenvalue weighted by Crippen LogP contribution is 2.28. The Kier molecular flexibility index (Phi) is 3.02. The molecule has 2 rings (SSSR count). The average Bonchev–Trinajstić information content (AvgIpc) is 2.12. The Balaban J connectivity index is 0.000000845.